The van der Waals surface area contributed by atoms with Crippen LogP contribution in [0.1, 0.15) is 25.3 Å². The smallest absolute Gasteiger partial charge is 0.240 e. The zero-order valence-corrected chi connectivity index (χ0v) is 10.8. The second-order valence-electron chi connectivity index (χ2n) is 4.98. The van der Waals surface area contributed by atoms with Gasteiger partial charge in [-0.3, -0.25) is 0 Å². The Bertz CT molecular complexity index is 490. The van der Waals surface area contributed by atoms with Crippen molar-refractivity contribution < 1.29 is 8.42 Å². The first-order chi connectivity index (χ1) is 7.95. The fourth-order valence-electron chi connectivity index (χ4n) is 1.55. The molecule has 0 radical (unpaired) electrons. The van der Waals surface area contributed by atoms with E-state index in [1.165, 1.54) is 0 Å². The van der Waals surface area contributed by atoms with Gasteiger partial charge in [-0.25, -0.2) is 13.1 Å². The Kier molecular flexibility index (Phi) is 3.25. The molecule has 1 fully saturated rings. The minimum absolute atomic E-state index is 0.171. The Labute approximate surface area is 102 Å². The fourth-order valence-corrected chi connectivity index (χ4v) is 2.75. The van der Waals surface area contributed by atoms with Crippen LogP contribution in [0.5, 0.6) is 0 Å². The van der Waals surface area contributed by atoms with Crippen molar-refractivity contribution in [3.05, 3.63) is 29.8 Å². The van der Waals surface area contributed by atoms with Crippen molar-refractivity contribution >= 4 is 10.0 Å². The van der Waals surface area contributed by atoms with Crippen LogP contribution in [0.3, 0.4) is 0 Å². The lowest BCUT2D eigenvalue weighted by atomic mass is 10.2. The highest BCUT2D eigenvalue weighted by Crippen LogP contribution is 2.44. The molecule has 5 heteroatoms. The molecule has 17 heavy (non-hydrogen) atoms. The lowest BCUT2D eigenvalue weighted by molar-refractivity contribution is 0.530. The van der Waals surface area contributed by atoms with Crippen LogP contribution in [0, 0.1) is 5.41 Å². The van der Waals surface area contributed by atoms with E-state index in [-0.39, 0.29) is 5.41 Å². The van der Waals surface area contributed by atoms with Gasteiger partial charge in [-0.15, -0.1) is 0 Å². The summed E-state index contributed by atoms with van der Waals surface area (Å²) in [6.07, 6.45) is 2.20. The first-order valence-corrected chi connectivity index (χ1v) is 7.22. The first kappa shape index (κ1) is 12.5. The molecule has 94 valence electrons. The standard InChI is InChI=1S/C12H18N2O2S/c1-12(6-7-12)9-14-17(15,16)11-4-2-10(8-13)3-5-11/h2-5,14H,6-9,13H2,1H3. The molecule has 0 heterocycles. The highest BCUT2D eigenvalue weighted by atomic mass is 32.2. The molecule has 1 aromatic carbocycles. The van der Waals surface area contributed by atoms with E-state index in [0.717, 1.165) is 18.4 Å². The molecule has 0 spiro atoms. The molecule has 3 N–H and O–H groups in total. The van der Waals surface area contributed by atoms with Crippen molar-refractivity contribution in [1.82, 2.24) is 4.72 Å². The molecular weight excluding hydrogens is 236 g/mol. The molecule has 0 unspecified atom stereocenters. The molecule has 0 aromatic heterocycles. The molecule has 1 aliphatic carbocycles. The van der Waals surface area contributed by atoms with Gasteiger partial charge < -0.3 is 5.73 Å². The third-order valence-electron chi connectivity index (χ3n) is 3.26. The van der Waals surface area contributed by atoms with Crippen LogP contribution < -0.4 is 10.5 Å². The first-order valence-electron chi connectivity index (χ1n) is 5.74. The lowest BCUT2D eigenvalue weighted by Gasteiger charge is -2.11. The van der Waals surface area contributed by atoms with Crippen LogP contribution in [0.25, 0.3) is 0 Å². The molecule has 0 atom stereocenters. The summed E-state index contributed by atoms with van der Waals surface area (Å²) < 4.78 is 26.6. The monoisotopic (exact) mass is 254 g/mol. The van der Waals surface area contributed by atoms with Gasteiger partial charge in [0.2, 0.25) is 10.0 Å². The third-order valence-corrected chi connectivity index (χ3v) is 4.68. The molecule has 1 aromatic rings. The minimum atomic E-state index is -3.37. The molecular formula is C12H18N2O2S. The van der Waals surface area contributed by atoms with Crippen molar-refractivity contribution in [2.75, 3.05) is 6.54 Å². The average molecular weight is 254 g/mol. The van der Waals surface area contributed by atoms with Crippen LogP contribution in [0.2, 0.25) is 0 Å². The van der Waals surface area contributed by atoms with Gasteiger partial charge in [0, 0.05) is 13.1 Å². The molecule has 0 amide bonds. The SMILES string of the molecule is CC1(CNS(=O)(=O)c2ccc(CN)cc2)CC1. The van der Waals surface area contributed by atoms with Gasteiger partial charge in [-0.1, -0.05) is 19.1 Å². The largest absolute Gasteiger partial charge is 0.326 e. The quantitative estimate of drug-likeness (QED) is 0.830. The summed E-state index contributed by atoms with van der Waals surface area (Å²) in [5.41, 5.74) is 6.57. The predicted molar refractivity (Wildman–Crippen MR) is 66.9 cm³/mol. The molecule has 0 bridgehead atoms. The van der Waals surface area contributed by atoms with E-state index in [1.54, 1.807) is 24.3 Å². The lowest BCUT2D eigenvalue weighted by Crippen LogP contribution is -2.29. The minimum Gasteiger partial charge on any atom is -0.326 e. The average Bonchev–Trinajstić information content (AvgIpc) is 3.06. The van der Waals surface area contributed by atoms with E-state index in [4.69, 9.17) is 5.73 Å². The van der Waals surface area contributed by atoms with Crippen LogP contribution >= 0.6 is 0 Å². The molecule has 1 saturated carbocycles. The molecule has 0 aliphatic heterocycles. The van der Waals surface area contributed by atoms with E-state index in [2.05, 4.69) is 11.6 Å². The van der Waals surface area contributed by atoms with E-state index in [0.29, 0.717) is 18.0 Å². The van der Waals surface area contributed by atoms with Crippen LogP contribution in [0.15, 0.2) is 29.2 Å². The summed E-state index contributed by atoms with van der Waals surface area (Å²) in [6.45, 7) is 3.03. The van der Waals surface area contributed by atoms with Gasteiger partial charge in [0.15, 0.2) is 0 Å². The second kappa shape index (κ2) is 4.40. The van der Waals surface area contributed by atoms with E-state index < -0.39 is 10.0 Å². The van der Waals surface area contributed by atoms with Crippen LogP contribution in [-0.4, -0.2) is 15.0 Å². The number of benzene rings is 1. The maximum atomic E-state index is 12.0. The van der Waals surface area contributed by atoms with Crippen molar-refractivity contribution in [3.8, 4) is 0 Å². The van der Waals surface area contributed by atoms with E-state index in [9.17, 15) is 8.42 Å². The summed E-state index contributed by atoms with van der Waals surface area (Å²) >= 11 is 0. The summed E-state index contributed by atoms with van der Waals surface area (Å²) in [4.78, 5) is 0.305. The fraction of sp³-hybridized carbons (Fsp3) is 0.500. The number of rotatable bonds is 5. The van der Waals surface area contributed by atoms with E-state index >= 15 is 0 Å². The summed E-state index contributed by atoms with van der Waals surface area (Å²) in [6, 6.07) is 6.68. The number of nitrogens with one attached hydrogen (secondary N) is 1. The van der Waals surface area contributed by atoms with E-state index in [1.807, 2.05) is 0 Å². The van der Waals surface area contributed by atoms with Crippen LogP contribution in [0.4, 0.5) is 0 Å². The topological polar surface area (TPSA) is 72.2 Å². The molecule has 2 rings (SSSR count). The van der Waals surface area contributed by atoms with Gasteiger partial charge in [-0.05, 0) is 36.0 Å². The van der Waals surface area contributed by atoms with Gasteiger partial charge >= 0.3 is 0 Å². The second-order valence-corrected chi connectivity index (χ2v) is 6.75. The number of nitrogens with two attached hydrogens (primary N) is 1. The maximum absolute atomic E-state index is 12.0. The molecule has 0 saturated heterocycles. The Hall–Kier alpha value is -0.910. The molecule has 1 aliphatic rings. The summed E-state index contributed by atoms with van der Waals surface area (Å²) in [5, 5.41) is 0. The van der Waals surface area contributed by atoms with Gasteiger partial charge in [0.05, 0.1) is 4.90 Å². The van der Waals surface area contributed by atoms with Crippen molar-refractivity contribution in [2.24, 2.45) is 11.1 Å². The maximum Gasteiger partial charge on any atom is 0.240 e. The Morgan fingerprint density at radius 2 is 1.88 bits per heavy atom. The van der Waals surface area contributed by atoms with Crippen LogP contribution in [-0.2, 0) is 16.6 Å². The third kappa shape index (κ3) is 3.06. The Morgan fingerprint density at radius 1 is 1.29 bits per heavy atom. The van der Waals surface area contributed by atoms with Crippen molar-refractivity contribution in [1.29, 1.82) is 0 Å². The normalized spacial score (nSPS) is 18.0. The number of hydrogen-bond donors (Lipinski definition) is 2. The number of sulfonamides is 1. The zero-order valence-electron chi connectivity index (χ0n) is 9.94. The summed E-state index contributed by atoms with van der Waals surface area (Å²) in [7, 11) is -3.37. The summed E-state index contributed by atoms with van der Waals surface area (Å²) in [5.74, 6) is 0. The zero-order chi connectivity index (χ0) is 12.5. The highest BCUT2D eigenvalue weighted by molar-refractivity contribution is 7.89. The molecule has 4 nitrogen and oxygen atoms in total. The van der Waals surface area contributed by atoms with Crippen molar-refractivity contribution in [2.45, 2.75) is 31.2 Å². The Morgan fingerprint density at radius 3 is 2.35 bits per heavy atom. The van der Waals surface area contributed by atoms with Gasteiger partial charge in [0.1, 0.15) is 0 Å². The van der Waals surface area contributed by atoms with Gasteiger partial charge in [-0.2, -0.15) is 0 Å². The Balaban J connectivity index is 2.07. The number of hydrogen-bond acceptors (Lipinski definition) is 3. The predicted octanol–water partition coefficient (Wildman–Crippen LogP) is 1.22. The van der Waals surface area contributed by atoms with Crippen molar-refractivity contribution in [3.63, 3.8) is 0 Å². The van der Waals surface area contributed by atoms with Gasteiger partial charge in [0.25, 0.3) is 0 Å². The highest BCUT2D eigenvalue weighted by Gasteiger charge is 2.38.